The molecule has 0 amide bonds. The summed E-state index contributed by atoms with van der Waals surface area (Å²) in [6.45, 7) is 0. The first-order chi connectivity index (χ1) is 27.2. The van der Waals surface area contributed by atoms with Gasteiger partial charge in [0.1, 0.15) is 0 Å². The third-order valence-electron chi connectivity index (χ3n) is 11.4. The molecule has 0 spiro atoms. The molecule has 11 rings (SSSR count). The average Bonchev–Trinajstić information content (AvgIpc) is 3.59. The van der Waals surface area contributed by atoms with Gasteiger partial charge in [-0.15, -0.1) is 0 Å². The van der Waals surface area contributed by atoms with Crippen molar-refractivity contribution >= 4 is 64.9 Å². The fourth-order valence-corrected chi connectivity index (χ4v) is 8.87. The quantitative estimate of drug-likeness (QED) is 0.168. The Labute approximate surface area is 318 Å². The van der Waals surface area contributed by atoms with E-state index in [0.717, 1.165) is 38.6 Å². The van der Waals surface area contributed by atoms with Crippen molar-refractivity contribution in [1.29, 1.82) is 5.26 Å². The molecule has 2 nitrogen and oxygen atoms in total. The first kappa shape index (κ1) is 31.1. The molecule has 0 bridgehead atoms. The van der Waals surface area contributed by atoms with Crippen LogP contribution >= 0.6 is 0 Å². The third kappa shape index (κ3) is 4.88. The second-order valence-corrected chi connectivity index (χ2v) is 14.4. The highest BCUT2D eigenvalue weighted by Gasteiger charge is 2.17. The summed E-state index contributed by atoms with van der Waals surface area (Å²) >= 11 is 0. The van der Waals surface area contributed by atoms with Crippen LogP contribution in [0.1, 0.15) is 5.56 Å². The van der Waals surface area contributed by atoms with Crippen LogP contribution in [0.5, 0.6) is 0 Å². The van der Waals surface area contributed by atoms with Gasteiger partial charge in [-0.1, -0.05) is 133 Å². The zero-order valence-electron chi connectivity index (χ0n) is 29.9. The maximum Gasteiger partial charge on any atom is 0.0991 e. The molecule has 0 saturated carbocycles. The van der Waals surface area contributed by atoms with Crippen molar-refractivity contribution in [3.63, 3.8) is 0 Å². The highest BCUT2D eigenvalue weighted by molar-refractivity contribution is 6.24. The Morgan fingerprint density at radius 1 is 0.327 bits per heavy atom. The van der Waals surface area contributed by atoms with Gasteiger partial charge in [0.15, 0.2) is 0 Å². The average molecular weight is 697 g/mol. The standard InChI is InChI=1S/C53H32N2/c54-33-34-24-26-52-50(28-34)51-30-37(25-27-53(51)55(52)39-16-2-1-3-17-39)36-14-10-15-38(29-36)46-31-48-45-22-9-8-21-44(45)47(32-49(48)43-20-7-6-19-42(43)46)41-23-11-13-35-12-4-5-18-40(35)41/h1-32H. The summed E-state index contributed by atoms with van der Waals surface area (Å²) in [5.74, 6) is 0. The predicted molar refractivity (Wildman–Crippen MR) is 232 cm³/mol. The monoisotopic (exact) mass is 696 g/mol. The topological polar surface area (TPSA) is 28.7 Å². The van der Waals surface area contributed by atoms with Crippen molar-refractivity contribution in [3.8, 4) is 45.1 Å². The maximum atomic E-state index is 9.81. The van der Waals surface area contributed by atoms with Gasteiger partial charge in [-0.3, -0.25) is 0 Å². The van der Waals surface area contributed by atoms with Gasteiger partial charge in [0.2, 0.25) is 0 Å². The van der Waals surface area contributed by atoms with E-state index in [4.69, 9.17) is 0 Å². The lowest BCUT2D eigenvalue weighted by atomic mass is 9.86. The van der Waals surface area contributed by atoms with Gasteiger partial charge in [0.05, 0.1) is 22.7 Å². The van der Waals surface area contributed by atoms with Crippen molar-refractivity contribution in [1.82, 2.24) is 4.57 Å². The maximum absolute atomic E-state index is 9.81. The highest BCUT2D eigenvalue weighted by atomic mass is 15.0. The van der Waals surface area contributed by atoms with Crippen molar-refractivity contribution in [2.45, 2.75) is 0 Å². The van der Waals surface area contributed by atoms with Gasteiger partial charge >= 0.3 is 0 Å². The fraction of sp³-hybridized carbons (Fsp3) is 0. The molecule has 0 aliphatic carbocycles. The van der Waals surface area contributed by atoms with Crippen molar-refractivity contribution in [2.75, 3.05) is 0 Å². The summed E-state index contributed by atoms with van der Waals surface area (Å²) in [5.41, 5.74) is 11.2. The van der Waals surface area contributed by atoms with Crippen LogP contribution in [0.2, 0.25) is 0 Å². The smallest absolute Gasteiger partial charge is 0.0991 e. The Hall–Kier alpha value is -7.47. The molecule has 10 aromatic carbocycles. The van der Waals surface area contributed by atoms with Crippen molar-refractivity contribution in [2.24, 2.45) is 0 Å². The lowest BCUT2D eigenvalue weighted by molar-refractivity contribution is 1.18. The lowest BCUT2D eigenvalue weighted by Crippen LogP contribution is -1.93. The van der Waals surface area contributed by atoms with Gasteiger partial charge in [-0.25, -0.2) is 0 Å². The van der Waals surface area contributed by atoms with Gasteiger partial charge in [-0.05, 0) is 137 Å². The molecule has 11 aromatic rings. The molecular weight excluding hydrogens is 665 g/mol. The van der Waals surface area contributed by atoms with Crippen LogP contribution in [-0.2, 0) is 0 Å². The van der Waals surface area contributed by atoms with Gasteiger partial charge in [0.25, 0.3) is 0 Å². The summed E-state index contributed by atoms with van der Waals surface area (Å²) in [6.07, 6.45) is 0. The minimum Gasteiger partial charge on any atom is -0.309 e. The summed E-state index contributed by atoms with van der Waals surface area (Å²) < 4.78 is 2.29. The number of rotatable bonds is 4. The predicted octanol–water partition coefficient (Wildman–Crippen LogP) is 14.3. The fourth-order valence-electron chi connectivity index (χ4n) is 8.87. The van der Waals surface area contributed by atoms with Crippen LogP contribution in [0.15, 0.2) is 194 Å². The van der Waals surface area contributed by atoms with E-state index in [9.17, 15) is 5.26 Å². The minimum atomic E-state index is 0.659. The van der Waals surface area contributed by atoms with Crippen LogP contribution in [0.25, 0.3) is 104 Å². The van der Waals surface area contributed by atoms with E-state index in [1.165, 1.54) is 65.3 Å². The van der Waals surface area contributed by atoms with Gasteiger partial charge in [-0.2, -0.15) is 5.26 Å². The number of hydrogen-bond acceptors (Lipinski definition) is 1. The molecule has 0 saturated heterocycles. The summed E-state index contributed by atoms with van der Waals surface area (Å²) in [5, 5.41) is 22.0. The number of fused-ring (bicyclic) bond motifs is 9. The molecule has 2 heteroatoms. The molecule has 0 fully saturated rings. The van der Waals surface area contributed by atoms with E-state index < -0.39 is 0 Å². The molecule has 1 heterocycles. The Morgan fingerprint density at radius 2 is 0.891 bits per heavy atom. The molecule has 0 atom stereocenters. The first-order valence-electron chi connectivity index (χ1n) is 18.7. The van der Waals surface area contributed by atoms with Crippen molar-refractivity contribution in [3.05, 3.63) is 200 Å². The highest BCUT2D eigenvalue weighted by Crippen LogP contribution is 2.44. The van der Waals surface area contributed by atoms with Crippen molar-refractivity contribution < 1.29 is 0 Å². The van der Waals surface area contributed by atoms with E-state index >= 15 is 0 Å². The molecule has 1 aromatic heterocycles. The number of benzene rings is 10. The largest absolute Gasteiger partial charge is 0.309 e. The van der Waals surface area contributed by atoms with E-state index in [1.807, 2.05) is 18.2 Å². The summed E-state index contributed by atoms with van der Waals surface area (Å²) in [7, 11) is 0. The minimum absolute atomic E-state index is 0.659. The number of hydrogen-bond donors (Lipinski definition) is 0. The Bertz CT molecular complexity index is 3370. The van der Waals surface area contributed by atoms with Crippen LogP contribution in [0, 0.1) is 11.3 Å². The van der Waals surface area contributed by atoms with Crippen LogP contribution in [0.4, 0.5) is 0 Å². The third-order valence-corrected chi connectivity index (χ3v) is 11.4. The molecule has 0 aliphatic heterocycles. The second-order valence-electron chi connectivity index (χ2n) is 14.4. The SMILES string of the molecule is N#Cc1ccc2c(c1)c1cc(-c3cccc(-c4cc5c6ccccc6c(-c6cccc7ccccc67)cc5c5ccccc45)c3)ccc1n2-c1ccccc1. The Morgan fingerprint density at radius 3 is 1.65 bits per heavy atom. The van der Waals surface area contributed by atoms with E-state index in [2.05, 4.69) is 187 Å². The van der Waals surface area contributed by atoms with E-state index in [-0.39, 0.29) is 0 Å². The normalized spacial score (nSPS) is 11.6. The number of nitriles is 1. The zero-order valence-corrected chi connectivity index (χ0v) is 29.9. The van der Waals surface area contributed by atoms with Crippen LogP contribution < -0.4 is 0 Å². The number of aromatic nitrogens is 1. The zero-order chi connectivity index (χ0) is 36.5. The summed E-state index contributed by atoms with van der Waals surface area (Å²) in [4.78, 5) is 0. The van der Waals surface area contributed by atoms with E-state index in [1.54, 1.807) is 0 Å². The molecule has 55 heavy (non-hydrogen) atoms. The Kier molecular flexibility index (Phi) is 6.96. The van der Waals surface area contributed by atoms with Gasteiger partial charge < -0.3 is 4.57 Å². The Balaban J connectivity index is 1.12. The molecule has 254 valence electrons. The number of nitrogens with zero attached hydrogens (tertiary/aromatic N) is 2. The molecule has 0 radical (unpaired) electrons. The van der Waals surface area contributed by atoms with Crippen LogP contribution in [0.3, 0.4) is 0 Å². The molecule has 0 unspecified atom stereocenters. The molecular formula is C53H32N2. The molecule has 0 aliphatic rings. The molecule has 0 N–H and O–H groups in total. The van der Waals surface area contributed by atoms with Gasteiger partial charge in [0, 0.05) is 16.5 Å². The van der Waals surface area contributed by atoms with Crippen LogP contribution in [-0.4, -0.2) is 4.57 Å². The first-order valence-corrected chi connectivity index (χ1v) is 18.7. The second kappa shape index (κ2) is 12.3. The summed E-state index contributed by atoms with van der Waals surface area (Å²) in [6, 6.07) is 72.4. The lowest BCUT2D eigenvalue weighted by Gasteiger charge is -2.17. The van der Waals surface area contributed by atoms with E-state index in [0.29, 0.717) is 5.56 Å². The number of para-hydroxylation sites is 1.